The maximum absolute atomic E-state index is 13.2. The molecule has 17 nitrogen and oxygen atoms in total. The molecule has 0 aliphatic heterocycles. The van der Waals surface area contributed by atoms with Gasteiger partial charge in [-0.2, -0.15) is 0 Å². The third-order valence-electron chi connectivity index (χ3n) is 21.0. The number of rotatable bonds is 86. The zero-order chi connectivity index (χ0) is 78.6. The van der Waals surface area contributed by atoms with Gasteiger partial charge in [-0.05, 0) is 43.4 Å². The van der Waals surface area contributed by atoms with Crippen molar-refractivity contribution in [1.82, 2.24) is 0 Å². The Hall–Kier alpha value is -1.94. The van der Waals surface area contributed by atoms with E-state index in [1.165, 1.54) is 270 Å². The third-order valence-corrected chi connectivity index (χ3v) is 22.9. The van der Waals surface area contributed by atoms with Crippen LogP contribution in [0.25, 0.3) is 0 Å². The lowest BCUT2D eigenvalue weighted by molar-refractivity contribution is -0.161. The molecular weight excluding hydrogens is 1390 g/mol. The molecule has 636 valence electrons. The van der Waals surface area contributed by atoms with E-state index in [0.717, 1.165) is 108 Å². The average molecular weight is 1560 g/mol. The molecule has 0 heterocycles. The van der Waals surface area contributed by atoms with Gasteiger partial charge in [0.15, 0.2) is 12.2 Å². The van der Waals surface area contributed by atoms with Gasteiger partial charge in [-0.3, -0.25) is 37.3 Å². The van der Waals surface area contributed by atoms with Gasteiger partial charge in [-0.25, -0.2) is 9.13 Å². The zero-order valence-electron chi connectivity index (χ0n) is 70.6. The summed E-state index contributed by atoms with van der Waals surface area (Å²) in [6.45, 7) is 12.0. The van der Waals surface area contributed by atoms with E-state index in [-0.39, 0.29) is 25.7 Å². The van der Waals surface area contributed by atoms with Crippen LogP contribution in [0, 0.1) is 17.8 Å². The number of phosphoric acid groups is 2. The van der Waals surface area contributed by atoms with Crippen LogP contribution in [-0.2, 0) is 65.4 Å². The lowest BCUT2D eigenvalue weighted by Gasteiger charge is -2.21. The largest absolute Gasteiger partial charge is 0.472 e. The molecule has 0 radical (unpaired) electrons. The van der Waals surface area contributed by atoms with Crippen LogP contribution in [0.5, 0.6) is 0 Å². The van der Waals surface area contributed by atoms with Crippen molar-refractivity contribution < 1.29 is 80.2 Å². The van der Waals surface area contributed by atoms with Crippen molar-refractivity contribution in [2.24, 2.45) is 17.8 Å². The van der Waals surface area contributed by atoms with Gasteiger partial charge in [0.2, 0.25) is 0 Å². The van der Waals surface area contributed by atoms with E-state index in [9.17, 15) is 43.2 Å². The molecule has 0 rings (SSSR count). The van der Waals surface area contributed by atoms with Crippen molar-refractivity contribution in [2.75, 3.05) is 39.6 Å². The Balaban J connectivity index is 5.22. The number of aliphatic hydroxyl groups excluding tert-OH is 1. The Morgan fingerprint density at radius 1 is 0.271 bits per heavy atom. The van der Waals surface area contributed by atoms with Gasteiger partial charge in [0.25, 0.3) is 0 Å². The van der Waals surface area contributed by atoms with Crippen LogP contribution in [-0.4, -0.2) is 96.7 Å². The Bertz CT molecular complexity index is 2060. The highest BCUT2D eigenvalue weighted by atomic mass is 31.2. The Morgan fingerprint density at radius 3 is 0.710 bits per heavy atom. The van der Waals surface area contributed by atoms with Gasteiger partial charge in [-0.15, -0.1) is 0 Å². The number of hydrogen-bond acceptors (Lipinski definition) is 15. The van der Waals surface area contributed by atoms with E-state index in [4.69, 9.17) is 37.0 Å². The quantitative estimate of drug-likeness (QED) is 0.0222. The highest BCUT2D eigenvalue weighted by Gasteiger charge is 2.31. The average Bonchev–Trinajstić information content (AvgIpc) is 0.901. The molecule has 6 atom stereocenters. The van der Waals surface area contributed by atoms with Crippen molar-refractivity contribution in [3.8, 4) is 0 Å². The van der Waals surface area contributed by atoms with Crippen molar-refractivity contribution in [2.45, 2.75) is 484 Å². The molecule has 0 aliphatic carbocycles. The highest BCUT2D eigenvalue weighted by Crippen LogP contribution is 2.45. The molecule has 3 N–H and O–H groups in total. The molecule has 3 unspecified atom stereocenters. The Labute approximate surface area is 658 Å². The van der Waals surface area contributed by atoms with Gasteiger partial charge in [-0.1, -0.05) is 414 Å². The summed E-state index contributed by atoms with van der Waals surface area (Å²) >= 11 is 0. The first-order valence-corrected chi connectivity index (χ1v) is 48.4. The van der Waals surface area contributed by atoms with Crippen LogP contribution in [0.4, 0.5) is 0 Å². The Kier molecular flexibility index (Phi) is 76.6. The molecule has 0 saturated heterocycles. The van der Waals surface area contributed by atoms with E-state index >= 15 is 0 Å². The second-order valence-electron chi connectivity index (χ2n) is 32.8. The normalized spacial score (nSPS) is 14.1. The maximum atomic E-state index is 13.2. The van der Waals surface area contributed by atoms with Crippen molar-refractivity contribution >= 4 is 39.5 Å². The minimum Gasteiger partial charge on any atom is -0.462 e. The first-order valence-electron chi connectivity index (χ1n) is 45.4. The SMILES string of the molecule is CCCCCCCCCCCCCCCCCCCCCCC(=O)OC[C@H](COP(=O)(O)OC[C@@H](O)COP(=O)(O)OC[C@@H](COC(=O)CCCCCCCCCC(C)C)OC(=O)CCCCCCCCCCCCCCC(C)C)OC(=O)CCCCCCCCCCCCCCCCCCCCC(C)CC. The number of carbonyl (C=O) groups excluding carboxylic acids is 4. The van der Waals surface area contributed by atoms with Crippen LogP contribution in [0.2, 0.25) is 0 Å². The van der Waals surface area contributed by atoms with Crippen molar-refractivity contribution in [3.63, 3.8) is 0 Å². The molecule has 0 fully saturated rings. The van der Waals surface area contributed by atoms with Gasteiger partial charge in [0.05, 0.1) is 26.4 Å². The summed E-state index contributed by atoms with van der Waals surface area (Å²) in [4.78, 5) is 73.3. The standard InChI is InChI=1S/C88H172O17P2/c1-8-10-11-12-13-14-15-16-17-18-19-20-24-27-30-36-41-48-55-62-69-85(90)98-75-83(104-87(92)71-64-57-49-42-37-31-28-25-22-21-23-26-29-35-40-47-54-61-68-81(7)9-2)77-102-106(94,95)100-73-82(89)74-101-107(96,97)103-78-84(76-99-86(91)70-63-56-51-44-46-53-60-67-80(5)6)105-88(93)72-65-58-50-43-38-33-32-34-39-45-52-59-66-79(3)4/h79-84,89H,8-78H2,1-7H3,(H,94,95)(H,96,97)/t81?,82-,83-,84-/m1/s1. The minimum absolute atomic E-state index is 0.106. The second kappa shape index (κ2) is 78.0. The number of aliphatic hydroxyl groups is 1. The topological polar surface area (TPSA) is 237 Å². The zero-order valence-corrected chi connectivity index (χ0v) is 72.4. The number of esters is 4. The molecule has 0 saturated carbocycles. The lowest BCUT2D eigenvalue weighted by atomic mass is 9.99. The number of phosphoric ester groups is 2. The predicted molar refractivity (Wildman–Crippen MR) is 441 cm³/mol. The van der Waals surface area contributed by atoms with Crippen LogP contribution < -0.4 is 0 Å². The summed E-state index contributed by atoms with van der Waals surface area (Å²) in [5.41, 5.74) is 0. The van der Waals surface area contributed by atoms with E-state index in [2.05, 4.69) is 48.5 Å². The number of ether oxygens (including phenoxy) is 4. The van der Waals surface area contributed by atoms with Crippen LogP contribution in [0.1, 0.15) is 466 Å². The van der Waals surface area contributed by atoms with E-state index in [1.807, 2.05) is 0 Å². The summed E-state index contributed by atoms with van der Waals surface area (Å²) in [6.07, 6.45) is 69.6. The van der Waals surface area contributed by atoms with Crippen molar-refractivity contribution in [3.05, 3.63) is 0 Å². The molecule has 0 aromatic heterocycles. The smallest absolute Gasteiger partial charge is 0.462 e. The fraction of sp³-hybridized carbons (Fsp3) is 0.955. The molecule has 0 bridgehead atoms. The molecule has 19 heteroatoms. The molecule has 0 spiro atoms. The first kappa shape index (κ1) is 105. The van der Waals surface area contributed by atoms with Gasteiger partial charge in [0.1, 0.15) is 19.3 Å². The van der Waals surface area contributed by atoms with Crippen LogP contribution in [0.15, 0.2) is 0 Å². The van der Waals surface area contributed by atoms with E-state index in [0.29, 0.717) is 31.6 Å². The Morgan fingerprint density at radius 2 is 0.477 bits per heavy atom. The summed E-state index contributed by atoms with van der Waals surface area (Å²) < 4.78 is 68.9. The molecule has 0 aromatic rings. The van der Waals surface area contributed by atoms with E-state index in [1.54, 1.807) is 0 Å². The maximum Gasteiger partial charge on any atom is 0.472 e. The molecule has 107 heavy (non-hydrogen) atoms. The van der Waals surface area contributed by atoms with Crippen LogP contribution in [0.3, 0.4) is 0 Å². The molecule has 0 aliphatic rings. The molecule has 0 aromatic carbocycles. The van der Waals surface area contributed by atoms with Gasteiger partial charge >= 0.3 is 39.5 Å². The summed E-state index contributed by atoms with van der Waals surface area (Å²) in [6, 6.07) is 0. The van der Waals surface area contributed by atoms with Gasteiger partial charge < -0.3 is 33.8 Å². The highest BCUT2D eigenvalue weighted by molar-refractivity contribution is 7.47. The monoisotopic (exact) mass is 1560 g/mol. The van der Waals surface area contributed by atoms with Crippen molar-refractivity contribution in [1.29, 1.82) is 0 Å². The molecular formula is C88H172O17P2. The fourth-order valence-corrected chi connectivity index (χ4v) is 15.3. The molecule has 0 amide bonds. The summed E-state index contributed by atoms with van der Waals surface area (Å²) in [5, 5.41) is 10.7. The van der Waals surface area contributed by atoms with Crippen LogP contribution >= 0.6 is 15.6 Å². The summed E-state index contributed by atoms with van der Waals surface area (Å²) in [5.74, 6) is 0.248. The van der Waals surface area contributed by atoms with Gasteiger partial charge in [0, 0.05) is 25.7 Å². The predicted octanol–water partition coefficient (Wildman–Crippen LogP) is 26.9. The lowest BCUT2D eigenvalue weighted by Crippen LogP contribution is -2.30. The first-order chi connectivity index (χ1) is 51.8. The minimum atomic E-state index is -4.97. The fourth-order valence-electron chi connectivity index (χ4n) is 13.7. The summed E-state index contributed by atoms with van der Waals surface area (Å²) in [7, 11) is -9.93. The second-order valence-corrected chi connectivity index (χ2v) is 35.7. The van der Waals surface area contributed by atoms with E-state index < -0.39 is 97.5 Å². The number of carbonyl (C=O) groups is 4. The number of hydrogen-bond donors (Lipinski definition) is 3. The number of unbranched alkanes of at least 4 members (excludes halogenated alkanes) is 53. The third kappa shape index (κ3) is 80.5.